The lowest BCUT2D eigenvalue weighted by Crippen LogP contribution is -2.42. The highest BCUT2D eigenvalue weighted by atomic mass is 35.5. The highest BCUT2D eigenvalue weighted by molar-refractivity contribution is 6.33. The molecule has 0 spiro atoms. The highest BCUT2D eigenvalue weighted by Crippen LogP contribution is 2.14. The van der Waals surface area contributed by atoms with Gasteiger partial charge in [0.1, 0.15) is 6.04 Å². The minimum atomic E-state index is -0.714. The maximum absolute atomic E-state index is 11.6. The van der Waals surface area contributed by atoms with E-state index in [9.17, 15) is 9.59 Å². The molecule has 0 saturated carbocycles. The van der Waals surface area contributed by atoms with E-state index in [-0.39, 0.29) is 0 Å². The number of hydrogen-bond acceptors (Lipinski definition) is 2. The summed E-state index contributed by atoms with van der Waals surface area (Å²) in [6.07, 6.45) is 0. The molecule has 5 heteroatoms. The van der Waals surface area contributed by atoms with E-state index in [1.165, 1.54) is 6.92 Å². The Kier molecular flexibility index (Phi) is 3.68. The summed E-state index contributed by atoms with van der Waals surface area (Å²) in [5.41, 5.74) is 5.34. The van der Waals surface area contributed by atoms with Gasteiger partial charge in [-0.1, -0.05) is 23.7 Å². The van der Waals surface area contributed by atoms with E-state index >= 15 is 0 Å². The predicted molar refractivity (Wildman–Crippen MR) is 57.6 cm³/mol. The van der Waals surface area contributed by atoms with E-state index in [0.29, 0.717) is 10.6 Å². The van der Waals surface area contributed by atoms with Gasteiger partial charge in [0.2, 0.25) is 5.91 Å². The average molecular weight is 227 g/mol. The monoisotopic (exact) mass is 226 g/mol. The molecule has 0 aliphatic heterocycles. The van der Waals surface area contributed by atoms with Crippen LogP contribution in [0, 0.1) is 0 Å². The molecule has 0 aliphatic rings. The number of hydrogen-bond donors (Lipinski definition) is 2. The van der Waals surface area contributed by atoms with Gasteiger partial charge in [-0.2, -0.15) is 0 Å². The van der Waals surface area contributed by atoms with Crippen LogP contribution in [0.1, 0.15) is 17.3 Å². The molecule has 3 N–H and O–H groups in total. The van der Waals surface area contributed by atoms with Crippen LogP contribution in [-0.4, -0.2) is 17.9 Å². The number of nitrogens with one attached hydrogen (secondary N) is 1. The lowest BCUT2D eigenvalue weighted by molar-refractivity contribution is -0.119. The fourth-order valence-electron chi connectivity index (χ4n) is 0.991. The number of primary amides is 1. The summed E-state index contributed by atoms with van der Waals surface area (Å²) in [5, 5.41) is 2.78. The molecule has 2 amide bonds. The fourth-order valence-corrected chi connectivity index (χ4v) is 1.21. The second kappa shape index (κ2) is 4.79. The molecule has 0 bridgehead atoms. The van der Waals surface area contributed by atoms with Crippen molar-refractivity contribution >= 4 is 23.4 Å². The topological polar surface area (TPSA) is 72.2 Å². The van der Waals surface area contributed by atoms with E-state index in [0.717, 1.165) is 0 Å². The molecule has 1 aromatic rings. The second-order valence-electron chi connectivity index (χ2n) is 3.08. The summed E-state index contributed by atoms with van der Waals surface area (Å²) in [6.45, 7) is 1.51. The molecule has 0 aromatic heterocycles. The number of nitrogens with two attached hydrogens (primary N) is 1. The largest absolute Gasteiger partial charge is 0.368 e. The molecule has 0 radical (unpaired) electrons. The molecule has 0 aliphatic carbocycles. The molecular weight excluding hydrogens is 216 g/mol. The molecule has 1 aromatic carbocycles. The first-order chi connectivity index (χ1) is 7.02. The minimum absolute atomic E-state index is 0.326. The Balaban J connectivity index is 2.78. The maximum atomic E-state index is 11.6. The van der Waals surface area contributed by atoms with E-state index in [2.05, 4.69) is 5.32 Å². The van der Waals surface area contributed by atoms with Crippen LogP contribution in [-0.2, 0) is 4.79 Å². The van der Waals surface area contributed by atoms with Gasteiger partial charge in [-0.25, -0.2) is 0 Å². The van der Waals surface area contributed by atoms with Crippen LogP contribution in [0.25, 0.3) is 0 Å². The standard InChI is InChI=1S/C10H11ClN2O2/c1-6(9(12)14)13-10(15)7-4-2-3-5-8(7)11/h2-6H,1H3,(H2,12,14)(H,13,15)/t6-/m1/s1. The number of amides is 2. The fraction of sp³-hybridized carbons (Fsp3) is 0.200. The number of carbonyl (C=O) groups is 2. The third-order valence-electron chi connectivity index (χ3n) is 1.89. The van der Waals surface area contributed by atoms with Gasteiger partial charge in [0.25, 0.3) is 5.91 Å². The predicted octanol–water partition coefficient (Wildman–Crippen LogP) is 0.944. The Morgan fingerprint density at radius 2 is 2.00 bits per heavy atom. The third-order valence-corrected chi connectivity index (χ3v) is 2.22. The number of benzene rings is 1. The third kappa shape index (κ3) is 2.95. The van der Waals surface area contributed by atoms with Gasteiger partial charge >= 0.3 is 0 Å². The summed E-state index contributed by atoms with van der Waals surface area (Å²) in [5.74, 6) is -0.998. The lowest BCUT2D eigenvalue weighted by Gasteiger charge is -2.10. The first kappa shape index (κ1) is 11.5. The van der Waals surface area contributed by atoms with Gasteiger partial charge in [-0.15, -0.1) is 0 Å². The minimum Gasteiger partial charge on any atom is -0.368 e. The van der Waals surface area contributed by atoms with Crippen molar-refractivity contribution in [3.63, 3.8) is 0 Å². The molecule has 1 rings (SSSR count). The molecule has 4 nitrogen and oxygen atoms in total. The average Bonchev–Trinajstić information content (AvgIpc) is 2.18. The zero-order valence-corrected chi connectivity index (χ0v) is 8.91. The molecular formula is C10H11ClN2O2. The molecule has 80 valence electrons. The van der Waals surface area contributed by atoms with Crippen molar-refractivity contribution in [3.8, 4) is 0 Å². The second-order valence-corrected chi connectivity index (χ2v) is 3.48. The lowest BCUT2D eigenvalue weighted by atomic mass is 10.2. The van der Waals surface area contributed by atoms with Gasteiger partial charge < -0.3 is 11.1 Å². The first-order valence-electron chi connectivity index (χ1n) is 4.37. The zero-order valence-electron chi connectivity index (χ0n) is 8.16. The normalized spacial score (nSPS) is 11.9. The molecule has 15 heavy (non-hydrogen) atoms. The molecule has 1 atom stereocenters. The number of carbonyl (C=O) groups excluding carboxylic acids is 2. The van der Waals surface area contributed by atoms with Crippen molar-refractivity contribution in [2.24, 2.45) is 5.73 Å². The van der Waals surface area contributed by atoms with Crippen LogP contribution in [0.15, 0.2) is 24.3 Å². The van der Waals surface area contributed by atoms with Gasteiger partial charge in [-0.05, 0) is 19.1 Å². The van der Waals surface area contributed by atoms with Crippen molar-refractivity contribution in [3.05, 3.63) is 34.9 Å². The number of rotatable bonds is 3. The van der Waals surface area contributed by atoms with E-state index in [1.807, 2.05) is 0 Å². The summed E-state index contributed by atoms with van der Waals surface area (Å²) in [7, 11) is 0. The summed E-state index contributed by atoms with van der Waals surface area (Å²) in [6, 6.07) is 5.87. The summed E-state index contributed by atoms with van der Waals surface area (Å²) >= 11 is 5.81. The van der Waals surface area contributed by atoms with E-state index < -0.39 is 17.9 Å². The highest BCUT2D eigenvalue weighted by Gasteiger charge is 2.15. The van der Waals surface area contributed by atoms with Gasteiger partial charge in [-0.3, -0.25) is 9.59 Å². The maximum Gasteiger partial charge on any atom is 0.253 e. The van der Waals surface area contributed by atoms with Crippen molar-refractivity contribution in [2.75, 3.05) is 0 Å². The Bertz CT molecular complexity index is 393. The SMILES string of the molecule is C[C@@H](NC(=O)c1ccccc1Cl)C(N)=O. The van der Waals surface area contributed by atoms with Crippen LogP contribution in [0.4, 0.5) is 0 Å². The first-order valence-corrected chi connectivity index (χ1v) is 4.75. The summed E-state index contributed by atoms with van der Waals surface area (Å²) in [4.78, 5) is 22.3. The van der Waals surface area contributed by atoms with E-state index in [4.69, 9.17) is 17.3 Å². The summed E-state index contributed by atoms with van der Waals surface area (Å²) < 4.78 is 0. The van der Waals surface area contributed by atoms with Crippen molar-refractivity contribution in [1.82, 2.24) is 5.32 Å². The van der Waals surface area contributed by atoms with Gasteiger partial charge in [0.15, 0.2) is 0 Å². The molecule has 0 saturated heterocycles. The molecule has 0 heterocycles. The quantitative estimate of drug-likeness (QED) is 0.805. The smallest absolute Gasteiger partial charge is 0.253 e. The van der Waals surface area contributed by atoms with Crippen LogP contribution >= 0.6 is 11.6 Å². The van der Waals surface area contributed by atoms with Gasteiger partial charge in [0.05, 0.1) is 10.6 Å². The van der Waals surface area contributed by atoms with Crippen LogP contribution < -0.4 is 11.1 Å². The Morgan fingerprint density at radius 1 is 1.40 bits per heavy atom. The molecule has 0 fully saturated rings. The molecule has 0 unspecified atom stereocenters. The zero-order chi connectivity index (χ0) is 11.4. The van der Waals surface area contributed by atoms with E-state index in [1.54, 1.807) is 24.3 Å². The number of halogens is 1. The van der Waals surface area contributed by atoms with Crippen LogP contribution in [0.2, 0.25) is 5.02 Å². The van der Waals surface area contributed by atoms with Crippen molar-refractivity contribution < 1.29 is 9.59 Å². The Labute approximate surface area is 92.4 Å². The Morgan fingerprint density at radius 3 is 2.53 bits per heavy atom. The van der Waals surface area contributed by atoms with Crippen LogP contribution in [0.5, 0.6) is 0 Å². The van der Waals surface area contributed by atoms with Crippen molar-refractivity contribution in [2.45, 2.75) is 13.0 Å². The Hall–Kier alpha value is -1.55. The van der Waals surface area contributed by atoms with Crippen LogP contribution in [0.3, 0.4) is 0 Å². The van der Waals surface area contributed by atoms with Crippen molar-refractivity contribution in [1.29, 1.82) is 0 Å². The van der Waals surface area contributed by atoms with Gasteiger partial charge in [0, 0.05) is 0 Å².